The first-order valence-corrected chi connectivity index (χ1v) is 9.37. The Hall–Kier alpha value is 0.610. The van der Waals surface area contributed by atoms with Crippen LogP contribution in [0.15, 0.2) is 0 Å². The number of alkyl halides is 1. The Morgan fingerprint density at radius 2 is 1.80 bits per heavy atom. The molecule has 0 saturated heterocycles. The van der Waals surface area contributed by atoms with Crippen molar-refractivity contribution in [2.45, 2.75) is 45.1 Å². The fraction of sp³-hybridized carbons (Fsp3) is 1.00. The molecule has 3 nitrogen and oxygen atoms in total. The highest BCUT2D eigenvalue weighted by molar-refractivity contribution is 14.1. The molecule has 0 aromatic rings. The lowest BCUT2D eigenvalue weighted by Crippen LogP contribution is -2.53. The molecule has 2 aliphatic carbocycles. The van der Waals surface area contributed by atoms with Crippen LogP contribution in [0, 0.1) is 17.3 Å². The van der Waals surface area contributed by atoms with Gasteiger partial charge in [-0.25, -0.2) is 0 Å². The molecule has 0 radical (unpaired) electrons. The maximum Gasteiger partial charge on any atom is 0.0852 e. The van der Waals surface area contributed by atoms with Crippen LogP contribution >= 0.6 is 22.6 Å². The summed E-state index contributed by atoms with van der Waals surface area (Å²) < 4.78 is 18.1. The molecule has 2 aliphatic rings. The van der Waals surface area contributed by atoms with Crippen LogP contribution in [0.25, 0.3) is 0 Å². The number of halogens is 1. The van der Waals surface area contributed by atoms with Gasteiger partial charge >= 0.3 is 0 Å². The molecule has 3 unspecified atom stereocenters. The van der Waals surface area contributed by atoms with E-state index in [1.165, 1.54) is 19.3 Å². The van der Waals surface area contributed by atoms with Crippen LogP contribution in [-0.2, 0) is 14.2 Å². The molecule has 4 heteroatoms. The maximum atomic E-state index is 6.48. The normalized spacial score (nSPS) is 34.8. The second-order valence-corrected chi connectivity index (χ2v) is 7.52. The van der Waals surface area contributed by atoms with Gasteiger partial charge in [0.2, 0.25) is 0 Å². The zero-order valence-electron chi connectivity index (χ0n) is 13.1. The van der Waals surface area contributed by atoms with Crippen LogP contribution in [0.5, 0.6) is 0 Å². The molecule has 2 saturated carbocycles. The van der Waals surface area contributed by atoms with Crippen molar-refractivity contribution < 1.29 is 14.2 Å². The monoisotopic (exact) mass is 396 g/mol. The number of ether oxygens (including phenoxy) is 3. The van der Waals surface area contributed by atoms with E-state index in [0.29, 0.717) is 18.6 Å². The molecule has 0 aromatic heterocycles. The minimum absolute atomic E-state index is 0.100. The maximum absolute atomic E-state index is 6.48. The highest BCUT2D eigenvalue weighted by atomic mass is 127. The SMILES string of the molecule is COCCOCCCOC1(CI)C2CCC(C2)C1(C)C. The zero-order valence-corrected chi connectivity index (χ0v) is 15.3. The Bertz CT molecular complexity index is 308. The van der Waals surface area contributed by atoms with Crippen molar-refractivity contribution in [1.82, 2.24) is 0 Å². The van der Waals surface area contributed by atoms with Gasteiger partial charge in [0.05, 0.1) is 18.8 Å². The molecular weight excluding hydrogens is 367 g/mol. The lowest BCUT2D eigenvalue weighted by molar-refractivity contribution is -0.138. The first-order chi connectivity index (χ1) is 9.58. The molecule has 0 aliphatic heterocycles. The molecule has 118 valence electrons. The predicted octanol–water partition coefficient (Wildman–Crippen LogP) is 3.69. The number of hydrogen-bond donors (Lipinski definition) is 0. The summed E-state index contributed by atoms with van der Waals surface area (Å²) in [5.41, 5.74) is 0.428. The smallest absolute Gasteiger partial charge is 0.0852 e. The zero-order chi connectivity index (χ0) is 14.6. The molecular formula is C16H29IO3. The summed E-state index contributed by atoms with van der Waals surface area (Å²) in [6, 6.07) is 0. The first kappa shape index (κ1) is 17.0. The molecule has 2 rings (SSSR count). The summed E-state index contributed by atoms with van der Waals surface area (Å²) in [6.45, 7) is 7.80. The Morgan fingerprint density at radius 3 is 2.40 bits per heavy atom. The molecule has 0 aromatic carbocycles. The van der Waals surface area contributed by atoms with Gasteiger partial charge in [-0.3, -0.25) is 0 Å². The van der Waals surface area contributed by atoms with Crippen LogP contribution in [0.3, 0.4) is 0 Å². The van der Waals surface area contributed by atoms with Crippen molar-refractivity contribution >= 4 is 22.6 Å². The average Bonchev–Trinajstić information content (AvgIpc) is 2.98. The summed E-state index contributed by atoms with van der Waals surface area (Å²) in [6.07, 6.45) is 5.12. The number of hydrogen-bond acceptors (Lipinski definition) is 3. The number of rotatable bonds is 9. The van der Waals surface area contributed by atoms with Gasteiger partial charge in [0, 0.05) is 24.8 Å². The summed E-state index contributed by atoms with van der Waals surface area (Å²) >= 11 is 2.53. The van der Waals surface area contributed by atoms with Gasteiger partial charge in [0.1, 0.15) is 0 Å². The Kier molecular flexibility index (Phi) is 6.15. The Morgan fingerprint density at radius 1 is 1.05 bits per heavy atom. The molecule has 0 amide bonds. The van der Waals surface area contributed by atoms with Gasteiger partial charge in [-0.1, -0.05) is 36.4 Å². The van der Waals surface area contributed by atoms with Gasteiger partial charge in [0.25, 0.3) is 0 Å². The minimum atomic E-state index is 0.100. The third kappa shape index (κ3) is 3.03. The molecule has 20 heavy (non-hydrogen) atoms. The second-order valence-electron chi connectivity index (χ2n) is 6.76. The average molecular weight is 396 g/mol. The van der Waals surface area contributed by atoms with E-state index in [9.17, 15) is 0 Å². The fourth-order valence-corrected chi connectivity index (χ4v) is 6.04. The van der Waals surface area contributed by atoms with Gasteiger partial charge in [0.15, 0.2) is 0 Å². The van der Waals surface area contributed by atoms with Gasteiger partial charge in [-0.15, -0.1) is 0 Å². The van der Waals surface area contributed by atoms with E-state index in [-0.39, 0.29) is 5.60 Å². The third-order valence-corrected chi connectivity index (χ3v) is 6.76. The largest absolute Gasteiger partial charge is 0.382 e. The molecule has 0 N–H and O–H groups in total. The third-order valence-electron chi connectivity index (χ3n) is 5.63. The molecule has 2 bridgehead atoms. The number of methoxy groups -OCH3 is 1. The number of fused-ring (bicyclic) bond motifs is 2. The minimum Gasteiger partial charge on any atom is -0.382 e. The van der Waals surface area contributed by atoms with E-state index < -0.39 is 0 Å². The van der Waals surface area contributed by atoms with E-state index in [2.05, 4.69) is 36.4 Å². The van der Waals surface area contributed by atoms with Crippen molar-refractivity contribution in [3.63, 3.8) is 0 Å². The van der Waals surface area contributed by atoms with Gasteiger partial charge in [-0.05, 0) is 42.9 Å². The van der Waals surface area contributed by atoms with Gasteiger partial charge in [-0.2, -0.15) is 0 Å². The van der Waals surface area contributed by atoms with Crippen molar-refractivity contribution in [2.24, 2.45) is 17.3 Å². The predicted molar refractivity (Wildman–Crippen MR) is 89.5 cm³/mol. The van der Waals surface area contributed by atoms with E-state index in [0.717, 1.165) is 35.9 Å². The van der Waals surface area contributed by atoms with E-state index in [1.807, 2.05) is 0 Å². The van der Waals surface area contributed by atoms with Crippen molar-refractivity contribution in [2.75, 3.05) is 38.0 Å². The molecule has 3 atom stereocenters. The van der Waals surface area contributed by atoms with Crippen LogP contribution < -0.4 is 0 Å². The van der Waals surface area contributed by atoms with Crippen molar-refractivity contribution in [3.8, 4) is 0 Å². The molecule has 2 fully saturated rings. The fourth-order valence-electron chi connectivity index (χ4n) is 4.22. The highest BCUT2D eigenvalue weighted by Gasteiger charge is 2.63. The summed E-state index contributed by atoms with van der Waals surface area (Å²) in [5, 5.41) is 0. The van der Waals surface area contributed by atoms with E-state index in [1.54, 1.807) is 7.11 Å². The molecule has 0 heterocycles. The van der Waals surface area contributed by atoms with Crippen LogP contribution in [-0.4, -0.2) is 43.6 Å². The summed E-state index contributed by atoms with van der Waals surface area (Å²) in [7, 11) is 1.70. The Balaban J connectivity index is 1.78. The van der Waals surface area contributed by atoms with E-state index >= 15 is 0 Å². The van der Waals surface area contributed by atoms with Crippen molar-refractivity contribution in [1.29, 1.82) is 0 Å². The standard InChI is InChI=1S/C16H29IO3/c1-15(2)13-5-6-14(11-13)16(15,12-17)20-8-4-7-19-10-9-18-3/h13-14H,4-12H2,1-3H3. The van der Waals surface area contributed by atoms with Gasteiger partial charge < -0.3 is 14.2 Å². The quantitative estimate of drug-likeness (QED) is 0.338. The summed E-state index contributed by atoms with van der Waals surface area (Å²) in [4.78, 5) is 0. The lowest BCUT2D eigenvalue weighted by Gasteiger charge is -2.48. The Labute approximate surface area is 137 Å². The summed E-state index contributed by atoms with van der Waals surface area (Å²) in [5.74, 6) is 1.63. The van der Waals surface area contributed by atoms with E-state index in [4.69, 9.17) is 14.2 Å². The van der Waals surface area contributed by atoms with Crippen molar-refractivity contribution in [3.05, 3.63) is 0 Å². The van der Waals surface area contributed by atoms with Crippen LogP contribution in [0.1, 0.15) is 39.5 Å². The highest BCUT2D eigenvalue weighted by Crippen LogP contribution is 2.63. The topological polar surface area (TPSA) is 27.7 Å². The second kappa shape index (κ2) is 7.25. The lowest BCUT2D eigenvalue weighted by atomic mass is 9.66. The molecule has 0 spiro atoms. The van der Waals surface area contributed by atoms with Crippen LogP contribution in [0.2, 0.25) is 0 Å². The first-order valence-electron chi connectivity index (χ1n) is 7.85. The van der Waals surface area contributed by atoms with Crippen LogP contribution in [0.4, 0.5) is 0 Å².